The van der Waals surface area contributed by atoms with Gasteiger partial charge in [-0.1, -0.05) is 11.3 Å². The van der Waals surface area contributed by atoms with Gasteiger partial charge in [-0.15, -0.1) is 0 Å². The average molecular weight is 264 g/mol. The number of nitro benzene ring substituents is 1. The summed E-state index contributed by atoms with van der Waals surface area (Å²) in [4.78, 5) is 16.9. The fraction of sp³-hybridized carbons (Fsp3) is 0.364. The second-order valence-corrected chi connectivity index (χ2v) is 5.41. The molecule has 1 atom stereocenters. The van der Waals surface area contributed by atoms with Crippen LogP contribution < -0.4 is 10.6 Å². The molecule has 0 unspecified atom stereocenters. The highest BCUT2D eigenvalue weighted by Crippen LogP contribution is 2.32. The first-order valence-corrected chi connectivity index (χ1v) is 6.50. The van der Waals surface area contributed by atoms with Gasteiger partial charge in [-0.2, -0.15) is 0 Å². The molecule has 0 amide bonds. The summed E-state index contributed by atoms with van der Waals surface area (Å²) in [5.74, 6) is 0. The number of aromatic nitrogens is 1. The van der Waals surface area contributed by atoms with Crippen LogP contribution in [0.1, 0.15) is 6.42 Å². The van der Waals surface area contributed by atoms with E-state index in [-0.39, 0.29) is 11.7 Å². The summed E-state index contributed by atoms with van der Waals surface area (Å²) in [6.07, 6.45) is 0.968. The van der Waals surface area contributed by atoms with Gasteiger partial charge in [-0.05, 0) is 12.5 Å². The standard InChI is InChI=1S/C11H12N4O2S/c12-7-3-4-14(6-7)11-13-9-5-8(15(16)17)1-2-10(9)18-11/h1-2,5,7H,3-4,6,12H2/t7-/m0/s1. The molecule has 0 bridgehead atoms. The summed E-state index contributed by atoms with van der Waals surface area (Å²) >= 11 is 1.55. The smallest absolute Gasteiger partial charge is 0.271 e. The van der Waals surface area contributed by atoms with E-state index in [9.17, 15) is 10.1 Å². The molecule has 6 nitrogen and oxygen atoms in total. The number of hydrogen-bond donors (Lipinski definition) is 1. The minimum absolute atomic E-state index is 0.0810. The van der Waals surface area contributed by atoms with Crippen molar-refractivity contribution in [2.45, 2.75) is 12.5 Å². The van der Waals surface area contributed by atoms with Crippen LogP contribution in [0.4, 0.5) is 10.8 Å². The van der Waals surface area contributed by atoms with Gasteiger partial charge in [-0.3, -0.25) is 10.1 Å². The third-order valence-electron chi connectivity index (χ3n) is 3.07. The largest absolute Gasteiger partial charge is 0.346 e. The number of nitrogens with zero attached hydrogens (tertiary/aromatic N) is 3. The maximum Gasteiger partial charge on any atom is 0.271 e. The molecule has 7 heteroatoms. The maximum atomic E-state index is 10.7. The van der Waals surface area contributed by atoms with Crippen LogP contribution in [0.15, 0.2) is 18.2 Å². The highest BCUT2D eigenvalue weighted by Gasteiger charge is 2.22. The van der Waals surface area contributed by atoms with Crippen LogP contribution >= 0.6 is 11.3 Å². The second-order valence-electron chi connectivity index (χ2n) is 4.40. The number of anilines is 1. The molecule has 18 heavy (non-hydrogen) atoms. The summed E-state index contributed by atoms with van der Waals surface area (Å²) in [6, 6.07) is 4.99. The van der Waals surface area contributed by atoms with Crippen LogP contribution in [0.5, 0.6) is 0 Å². The van der Waals surface area contributed by atoms with Crippen molar-refractivity contribution < 1.29 is 4.92 Å². The molecule has 0 aliphatic carbocycles. The molecule has 2 N–H and O–H groups in total. The fourth-order valence-corrected chi connectivity index (χ4v) is 3.09. The number of benzene rings is 1. The topological polar surface area (TPSA) is 85.3 Å². The Hall–Kier alpha value is -1.73. The molecule has 0 saturated carbocycles. The zero-order chi connectivity index (χ0) is 12.7. The Bertz CT molecular complexity index is 612. The molecular weight excluding hydrogens is 252 g/mol. The lowest BCUT2D eigenvalue weighted by Crippen LogP contribution is -2.26. The summed E-state index contributed by atoms with van der Waals surface area (Å²) < 4.78 is 0.969. The number of nitro groups is 1. The number of fused-ring (bicyclic) bond motifs is 1. The number of nitrogens with two attached hydrogens (primary N) is 1. The van der Waals surface area contributed by atoms with Gasteiger partial charge in [0.1, 0.15) is 0 Å². The first-order chi connectivity index (χ1) is 8.63. The molecule has 2 heterocycles. The predicted octanol–water partition coefficient (Wildman–Crippen LogP) is 1.74. The Morgan fingerprint density at radius 2 is 2.39 bits per heavy atom. The summed E-state index contributed by atoms with van der Waals surface area (Å²) in [5.41, 5.74) is 6.63. The molecule has 2 aromatic rings. The van der Waals surface area contributed by atoms with Crippen molar-refractivity contribution in [1.29, 1.82) is 0 Å². The summed E-state index contributed by atoms with van der Waals surface area (Å²) in [7, 11) is 0. The highest BCUT2D eigenvalue weighted by atomic mass is 32.1. The van der Waals surface area contributed by atoms with Gasteiger partial charge < -0.3 is 10.6 Å². The van der Waals surface area contributed by atoms with Gasteiger partial charge in [0.15, 0.2) is 5.13 Å². The lowest BCUT2D eigenvalue weighted by atomic mass is 10.3. The SMILES string of the molecule is N[C@H]1CCN(c2nc3cc([N+](=O)[O-])ccc3s2)C1. The van der Waals surface area contributed by atoms with Crippen molar-refractivity contribution in [3.8, 4) is 0 Å². The van der Waals surface area contributed by atoms with E-state index in [1.807, 2.05) is 0 Å². The van der Waals surface area contributed by atoms with Gasteiger partial charge in [0, 0.05) is 31.3 Å². The summed E-state index contributed by atoms with van der Waals surface area (Å²) in [5, 5.41) is 11.6. The Morgan fingerprint density at radius 1 is 1.56 bits per heavy atom. The Morgan fingerprint density at radius 3 is 3.06 bits per heavy atom. The molecule has 1 aliphatic heterocycles. The lowest BCUT2D eigenvalue weighted by Gasteiger charge is -2.12. The van der Waals surface area contributed by atoms with Crippen molar-refractivity contribution in [2.24, 2.45) is 5.73 Å². The molecular formula is C11H12N4O2S. The number of hydrogen-bond acceptors (Lipinski definition) is 6. The van der Waals surface area contributed by atoms with E-state index in [0.29, 0.717) is 5.52 Å². The number of rotatable bonds is 2. The number of thiazole rings is 1. The first kappa shape index (κ1) is 11.4. The van der Waals surface area contributed by atoms with E-state index in [2.05, 4.69) is 9.88 Å². The third-order valence-corrected chi connectivity index (χ3v) is 4.16. The average Bonchev–Trinajstić information content (AvgIpc) is 2.93. The van der Waals surface area contributed by atoms with Gasteiger partial charge >= 0.3 is 0 Å². The third kappa shape index (κ3) is 1.91. The maximum absolute atomic E-state index is 10.7. The lowest BCUT2D eigenvalue weighted by molar-refractivity contribution is -0.384. The normalized spacial score (nSPS) is 19.6. The fourth-order valence-electron chi connectivity index (χ4n) is 2.11. The van der Waals surface area contributed by atoms with E-state index in [0.717, 1.165) is 29.3 Å². The van der Waals surface area contributed by atoms with Crippen molar-refractivity contribution >= 4 is 32.4 Å². The van der Waals surface area contributed by atoms with Crippen LogP contribution in [0.3, 0.4) is 0 Å². The Kier molecular flexibility index (Phi) is 2.64. The molecule has 0 spiro atoms. The minimum atomic E-state index is -0.399. The van der Waals surface area contributed by atoms with Crippen molar-refractivity contribution in [2.75, 3.05) is 18.0 Å². The predicted molar refractivity (Wildman–Crippen MR) is 71.1 cm³/mol. The Labute approximate surface area is 107 Å². The highest BCUT2D eigenvalue weighted by molar-refractivity contribution is 7.22. The van der Waals surface area contributed by atoms with E-state index in [4.69, 9.17) is 5.73 Å². The van der Waals surface area contributed by atoms with Crippen LogP contribution in [0, 0.1) is 10.1 Å². The van der Waals surface area contributed by atoms with Crippen LogP contribution in [0.2, 0.25) is 0 Å². The molecule has 1 aromatic carbocycles. The van der Waals surface area contributed by atoms with E-state index in [1.165, 1.54) is 12.1 Å². The van der Waals surface area contributed by atoms with Crippen LogP contribution in [0.25, 0.3) is 10.2 Å². The van der Waals surface area contributed by atoms with Crippen molar-refractivity contribution in [3.05, 3.63) is 28.3 Å². The molecule has 1 saturated heterocycles. The zero-order valence-electron chi connectivity index (χ0n) is 9.57. The van der Waals surface area contributed by atoms with Gasteiger partial charge in [0.2, 0.25) is 0 Å². The Balaban J connectivity index is 1.98. The monoisotopic (exact) mass is 264 g/mol. The van der Waals surface area contributed by atoms with Gasteiger partial charge in [0.25, 0.3) is 5.69 Å². The quantitative estimate of drug-likeness (QED) is 0.659. The van der Waals surface area contributed by atoms with Gasteiger partial charge in [-0.25, -0.2) is 4.98 Å². The molecule has 0 radical (unpaired) electrons. The first-order valence-electron chi connectivity index (χ1n) is 5.69. The molecule has 1 aliphatic rings. The van der Waals surface area contributed by atoms with E-state index >= 15 is 0 Å². The van der Waals surface area contributed by atoms with Gasteiger partial charge in [0.05, 0.1) is 15.1 Å². The van der Waals surface area contributed by atoms with Crippen molar-refractivity contribution in [1.82, 2.24) is 4.98 Å². The minimum Gasteiger partial charge on any atom is -0.346 e. The number of non-ortho nitro benzene ring substituents is 1. The van der Waals surface area contributed by atoms with Crippen molar-refractivity contribution in [3.63, 3.8) is 0 Å². The molecule has 1 aromatic heterocycles. The summed E-state index contributed by atoms with van der Waals surface area (Å²) in [6.45, 7) is 1.71. The van der Waals surface area contributed by atoms with Crippen LogP contribution in [-0.2, 0) is 0 Å². The molecule has 3 rings (SSSR count). The van der Waals surface area contributed by atoms with E-state index in [1.54, 1.807) is 17.4 Å². The molecule has 94 valence electrons. The zero-order valence-corrected chi connectivity index (χ0v) is 10.4. The van der Waals surface area contributed by atoms with E-state index < -0.39 is 4.92 Å². The van der Waals surface area contributed by atoms with Crippen LogP contribution in [-0.4, -0.2) is 29.0 Å². The molecule has 1 fully saturated rings. The second kappa shape index (κ2) is 4.18.